The second-order valence-electron chi connectivity index (χ2n) is 8.02. The molecule has 0 atom stereocenters. The van der Waals surface area contributed by atoms with Gasteiger partial charge in [0.25, 0.3) is 5.91 Å². The van der Waals surface area contributed by atoms with Gasteiger partial charge in [-0.25, -0.2) is 9.48 Å². The van der Waals surface area contributed by atoms with Gasteiger partial charge in [-0.2, -0.15) is 5.10 Å². The molecule has 0 unspecified atom stereocenters. The summed E-state index contributed by atoms with van der Waals surface area (Å²) in [6.45, 7) is 2.85. The molecule has 8 heteroatoms. The maximum Gasteiger partial charge on any atom is 0.359 e. The minimum atomic E-state index is -0.481. The van der Waals surface area contributed by atoms with Gasteiger partial charge in [-0.3, -0.25) is 4.79 Å². The Labute approximate surface area is 193 Å². The molecule has 4 rings (SSSR count). The van der Waals surface area contributed by atoms with E-state index >= 15 is 0 Å². The van der Waals surface area contributed by atoms with Crippen LogP contribution in [0.15, 0.2) is 48.5 Å². The first-order valence-electron chi connectivity index (χ1n) is 10.9. The number of rotatable bonds is 6. The minimum absolute atomic E-state index is 0.0713. The second-order valence-corrected chi connectivity index (χ2v) is 8.02. The lowest BCUT2D eigenvalue weighted by molar-refractivity contribution is 0.0513. The predicted molar refractivity (Wildman–Crippen MR) is 125 cm³/mol. The third-order valence-electron chi connectivity index (χ3n) is 5.76. The summed E-state index contributed by atoms with van der Waals surface area (Å²) in [7, 11) is 5.53. The Hall–Kier alpha value is -3.81. The van der Waals surface area contributed by atoms with Crippen LogP contribution in [0.1, 0.15) is 39.0 Å². The fourth-order valence-electron chi connectivity index (χ4n) is 3.98. The summed E-state index contributed by atoms with van der Waals surface area (Å²) in [6, 6.07) is 15.0. The third kappa shape index (κ3) is 4.41. The van der Waals surface area contributed by atoms with Crippen LogP contribution in [-0.4, -0.2) is 60.9 Å². The van der Waals surface area contributed by atoms with Crippen LogP contribution in [0, 0.1) is 0 Å². The number of hydrogen-bond donors (Lipinski definition) is 0. The van der Waals surface area contributed by atoms with E-state index in [4.69, 9.17) is 9.47 Å². The molecule has 0 N–H and O–H groups in total. The normalized spacial score (nSPS) is 12.8. The van der Waals surface area contributed by atoms with Crippen LogP contribution in [0.2, 0.25) is 0 Å². The molecule has 1 aliphatic rings. The monoisotopic (exact) mass is 448 g/mol. The molecule has 0 spiro atoms. The van der Waals surface area contributed by atoms with Gasteiger partial charge in [0.1, 0.15) is 5.75 Å². The molecule has 0 aliphatic carbocycles. The highest BCUT2D eigenvalue weighted by Crippen LogP contribution is 2.28. The highest BCUT2D eigenvalue weighted by molar-refractivity contribution is 5.95. The second kappa shape index (κ2) is 9.36. The Kier molecular flexibility index (Phi) is 6.35. The molecular formula is C25H28N4O4. The first kappa shape index (κ1) is 22.4. The smallest absolute Gasteiger partial charge is 0.359 e. The zero-order valence-electron chi connectivity index (χ0n) is 19.4. The molecule has 3 aromatic rings. The van der Waals surface area contributed by atoms with Crippen LogP contribution in [0.4, 0.5) is 5.69 Å². The Balaban J connectivity index is 1.66. The quantitative estimate of drug-likeness (QED) is 0.539. The molecule has 172 valence electrons. The van der Waals surface area contributed by atoms with Gasteiger partial charge in [0, 0.05) is 43.9 Å². The van der Waals surface area contributed by atoms with Crippen LogP contribution in [0.25, 0.3) is 5.69 Å². The van der Waals surface area contributed by atoms with Crippen molar-refractivity contribution in [2.24, 2.45) is 0 Å². The molecule has 2 heterocycles. The summed E-state index contributed by atoms with van der Waals surface area (Å²) in [6.07, 6.45) is 0.579. The summed E-state index contributed by atoms with van der Waals surface area (Å²) in [5.74, 6) is 0.186. The number of ether oxygens (including phenoxy) is 2. The van der Waals surface area contributed by atoms with Crippen molar-refractivity contribution in [1.29, 1.82) is 0 Å². The van der Waals surface area contributed by atoms with Crippen LogP contribution in [0.5, 0.6) is 5.75 Å². The molecule has 2 aromatic carbocycles. The summed E-state index contributed by atoms with van der Waals surface area (Å²) < 4.78 is 12.3. The highest BCUT2D eigenvalue weighted by atomic mass is 16.5. The SMILES string of the molecule is CCOC(=O)c1nn(-c2ccc(OC)cc2)c2c1CN(C(=O)c1ccc(N(C)C)cc1)CC2. The number of carbonyl (C=O) groups is 2. The van der Waals surface area contributed by atoms with E-state index in [9.17, 15) is 9.59 Å². The number of aromatic nitrogens is 2. The zero-order chi connectivity index (χ0) is 23.5. The number of hydrogen-bond acceptors (Lipinski definition) is 6. The van der Waals surface area contributed by atoms with E-state index in [1.54, 1.807) is 23.6 Å². The lowest BCUT2D eigenvalue weighted by Gasteiger charge is -2.28. The van der Waals surface area contributed by atoms with E-state index in [2.05, 4.69) is 5.10 Å². The standard InChI is InChI=1S/C25H28N4O4/c1-5-33-25(31)23-21-16-28(24(30)17-6-8-18(9-7-17)27(2)3)15-14-22(21)29(26-23)19-10-12-20(32-4)13-11-19/h6-13H,5,14-16H2,1-4H3. The largest absolute Gasteiger partial charge is 0.497 e. The van der Waals surface area contributed by atoms with Crippen molar-refractivity contribution >= 4 is 17.6 Å². The Morgan fingerprint density at radius 2 is 1.76 bits per heavy atom. The maximum absolute atomic E-state index is 13.2. The number of amides is 1. The molecule has 0 saturated carbocycles. The third-order valence-corrected chi connectivity index (χ3v) is 5.76. The van der Waals surface area contributed by atoms with Gasteiger partial charge in [0.2, 0.25) is 0 Å². The molecule has 0 bridgehead atoms. The molecule has 1 amide bonds. The van der Waals surface area contributed by atoms with Crippen molar-refractivity contribution in [2.45, 2.75) is 19.9 Å². The first-order valence-corrected chi connectivity index (χ1v) is 10.9. The number of carbonyl (C=O) groups excluding carboxylic acids is 2. The van der Waals surface area contributed by atoms with Gasteiger partial charge in [-0.1, -0.05) is 0 Å². The van der Waals surface area contributed by atoms with Crippen molar-refractivity contribution in [3.8, 4) is 11.4 Å². The summed E-state index contributed by atoms with van der Waals surface area (Å²) in [5, 5.41) is 4.59. The summed E-state index contributed by atoms with van der Waals surface area (Å²) in [4.78, 5) is 29.6. The van der Waals surface area contributed by atoms with E-state index in [0.717, 1.165) is 28.4 Å². The highest BCUT2D eigenvalue weighted by Gasteiger charge is 2.31. The van der Waals surface area contributed by atoms with Crippen LogP contribution in [0.3, 0.4) is 0 Å². The summed E-state index contributed by atoms with van der Waals surface area (Å²) >= 11 is 0. The molecule has 8 nitrogen and oxygen atoms in total. The van der Waals surface area contributed by atoms with E-state index in [0.29, 0.717) is 25.1 Å². The lowest BCUT2D eigenvalue weighted by atomic mass is 10.0. The van der Waals surface area contributed by atoms with Gasteiger partial charge >= 0.3 is 5.97 Å². The molecular weight excluding hydrogens is 420 g/mol. The van der Waals surface area contributed by atoms with E-state index in [1.807, 2.05) is 67.5 Å². The van der Waals surface area contributed by atoms with E-state index < -0.39 is 5.97 Å². The van der Waals surface area contributed by atoms with Crippen LogP contribution < -0.4 is 9.64 Å². The van der Waals surface area contributed by atoms with Gasteiger partial charge in [-0.15, -0.1) is 0 Å². The molecule has 0 saturated heterocycles. The number of methoxy groups -OCH3 is 1. The Morgan fingerprint density at radius 3 is 2.36 bits per heavy atom. The number of fused-ring (bicyclic) bond motifs is 1. The van der Waals surface area contributed by atoms with Crippen molar-refractivity contribution in [1.82, 2.24) is 14.7 Å². The van der Waals surface area contributed by atoms with Crippen molar-refractivity contribution in [2.75, 3.05) is 39.3 Å². The Morgan fingerprint density at radius 1 is 1.06 bits per heavy atom. The average molecular weight is 449 g/mol. The van der Waals surface area contributed by atoms with Gasteiger partial charge < -0.3 is 19.3 Å². The lowest BCUT2D eigenvalue weighted by Crippen LogP contribution is -2.36. The van der Waals surface area contributed by atoms with E-state index in [-0.39, 0.29) is 18.2 Å². The zero-order valence-corrected chi connectivity index (χ0v) is 19.4. The first-order chi connectivity index (χ1) is 15.9. The summed E-state index contributed by atoms with van der Waals surface area (Å²) in [5.41, 5.74) is 4.36. The molecule has 0 radical (unpaired) electrons. The maximum atomic E-state index is 13.2. The van der Waals surface area contributed by atoms with Crippen LogP contribution >= 0.6 is 0 Å². The van der Waals surface area contributed by atoms with Crippen molar-refractivity contribution in [3.63, 3.8) is 0 Å². The topological polar surface area (TPSA) is 76.9 Å². The van der Waals surface area contributed by atoms with Gasteiger partial charge in [-0.05, 0) is 55.5 Å². The fraction of sp³-hybridized carbons (Fsp3) is 0.320. The van der Waals surface area contributed by atoms with Crippen molar-refractivity contribution < 1.29 is 19.1 Å². The minimum Gasteiger partial charge on any atom is -0.497 e. The number of nitrogens with zero attached hydrogens (tertiary/aromatic N) is 4. The van der Waals surface area contributed by atoms with Crippen molar-refractivity contribution in [3.05, 3.63) is 71.0 Å². The number of benzene rings is 2. The molecule has 0 fully saturated rings. The fourth-order valence-corrected chi connectivity index (χ4v) is 3.98. The van der Waals surface area contributed by atoms with E-state index in [1.165, 1.54) is 0 Å². The molecule has 1 aromatic heterocycles. The van der Waals surface area contributed by atoms with Gasteiger partial charge in [0.15, 0.2) is 5.69 Å². The number of anilines is 1. The average Bonchev–Trinajstić information content (AvgIpc) is 3.23. The van der Waals surface area contributed by atoms with Gasteiger partial charge in [0.05, 0.1) is 31.6 Å². The molecule has 33 heavy (non-hydrogen) atoms. The van der Waals surface area contributed by atoms with Crippen LogP contribution in [-0.2, 0) is 17.7 Å². The predicted octanol–water partition coefficient (Wildman–Crippen LogP) is 3.32. The Bertz CT molecular complexity index is 1150. The number of esters is 1. The molecule has 1 aliphatic heterocycles.